The smallest absolute Gasteiger partial charge is 0.342 e. The van der Waals surface area contributed by atoms with E-state index in [9.17, 15) is 14.9 Å². The van der Waals surface area contributed by atoms with E-state index in [2.05, 4.69) is 20.6 Å². The van der Waals surface area contributed by atoms with Crippen LogP contribution in [-0.4, -0.2) is 35.4 Å². The summed E-state index contributed by atoms with van der Waals surface area (Å²) in [5.41, 5.74) is 1.50. The maximum absolute atomic E-state index is 11.9. The molecule has 0 fully saturated rings. The van der Waals surface area contributed by atoms with E-state index in [0.717, 1.165) is 5.56 Å². The van der Waals surface area contributed by atoms with Crippen molar-refractivity contribution >= 4 is 17.8 Å². The minimum Gasteiger partial charge on any atom is -0.358 e. The van der Waals surface area contributed by atoms with Crippen molar-refractivity contribution in [1.82, 2.24) is 29.9 Å². The van der Waals surface area contributed by atoms with Crippen LogP contribution in [0, 0.1) is 10.1 Å². The fourth-order valence-electron chi connectivity index (χ4n) is 2.37. The first-order valence-electron chi connectivity index (χ1n) is 8.08. The van der Waals surface area contributed by atoms with E-state index in [0.29, 0.717) is 11.5 Å². The van der Waals surface area contributed by atoms with Gasteiger partial charge in [-0.3, -0.25) is 4.79 Å². The molecule has 10 heteroatoms. The molecule has 0 unspecified atom stereocenters. The van der Waals surface area contributed by atoms with Crippen molar-refractivity contribution in [3.05, 3.63) is 76.0 Å². The van der Waals surface area contributed by atoms with Gasteiger partial charge in [0.15, 0.2) is 0 Å². The van der Waals surface area contributed by atoms with Crippen molar-refractivity contribution in [3.8, 4) is 0 Å². The zero-order valence-corrected chi connectivity index (χ0v) is 14.5. The second-order valence-corrected chi connectivity index (χ2v) is 5.72. The van der Waals surface area contributed by atoms with Crippen LogP contribution < -0.4 is 5.32 Å². The highest BCUT2D eigenvalue weighted by Gasteiger charge is 2.17. The molecular weight excluding hydrogens is 350 g/mol. The van der Waals surface area contributed by atoms with Crippen LogP contribution >= 0.6 is 0 Å². The molecule has 10 nitrogen and oxygen atoms in total. The monoisotopic (exact) mass is 367 g/mol. The lowest BCUT2D eigenvalue weighted by molar-refractivity contribution is -0.391. The number of aromatic nitrogens is 5. The molecule has 138 valence electrons. The van der Waals surface area contributed by atoms with Gasteiger partial charge in [-0.2, -0.15) is 0 Å². The van der Waals surface area contributed by atoms with Crippen molar-refractivity contribution in [2.24, 2.45) is 7.05 Å². The molecule has 1 aromatic carbocycles. The highest BCUT2D eigenvalue weighted by Crippen LogP contribution is 2.12. The second-order valence-electron chi connectivity index (χ2n) is 5.72. The van der Waals surface area contributed by atoms with Gasteiger partial charge in [-0.05, 0) is 16.6 Å². The molecule has 0 atom stereocenters. The number of nitrogens with one attached hydrogen (secondary N) is 1. The van der Waals surface area contributed by atoms with Gasteiger partial charge in [0.05, 0.1) is 19.8 Å². The first-order valence-corrected chi connectivity index (χ1v) is 8.08. The van der Waals surface area contributed by atoms with E-state index < -0.39 is 4.92 Å². The number of nitrogens with zero attached hydrogens (tertiary/aromatic N) is 6. The van der Waals surface area contributed by atoms with Crippen molar-refractivity contribution in [2.75, 3.05) is 0 Å². The third kappa shape index (κ3) is 4.63. The maximum atomic E-state index is 11.9. The van der Waals surface area contributed by atoms with Gasteiger partial charge in [0.2, 0.25) is 11.7 Å². The molecule has 0 spiro atoms. The number of hydrogen-bond acceptors (Lipinski definition) is 6. The van der Waals surface area contributed by atoms with Crippen LogP contribution in [0.2, 0.25) is 0 Å². The first kappa shape index (κ1) is 18.0. The number of nitro groups is 1. The van der Waals surface area contributed by atoms with Crippen molar-refractivity contribution in [2.45, 2.75) is 13.1 Å². The lowest BCUT2D eigenvalue weighted by Gasteiger charge is -1.99. The molecule has 0 saturated carbocycles. The highest BCUT2D eigenvalue weighted by molar-refractivity contribution is 5.91. The quantitative estimate of drug-likeness (QED) is 0.382. The molecule has 2 aromatic heterocycles. The van der Waals surface area contributed by atoms with Gasteiger partial charge in [0, 0.05) is 6.08 Å². The van der Waals surface area contributed by atoms with E-state index in [4.69, 9.17) is 0 Å². The fourth-order valence-corrected chi connectivity index (χ4v) is 2.37. The summed E-state index contributed by atoms with van der Waals surface area (Å²) in [5.74, 6) is 0.143. The molecule has 0 bridgehead atoms. The summed E-state index contributed by atoms with van der Waals surface area (Å²) in [4.78, 5) is 26.2. The minimum absolute atomic E-state index is 0.0946. The molecule has 0 saturated heterocycles. The summed E-state index contributed by atoms with van der Waals surface area (Å²) in [6, 6.07) is 9.50. The third-order valence-electron chi connectivity index (χ3n) is 3.81. The number of amides is 1. The average molecular weight is 367 g/mol. The number of rotatable bonds is 7. The molecule has 3 rings (SSSR count). The molecule has 0 radical (unpaired) electrons. The zero-order valence-electron chi connectivity index (χ0n) is 14.5. The van der Waals surface area contributed by atoms with Crippen molar-refractivity contribution < 1.29 is 9.72 Å². The summed E-state index contributed by atoms with van der Waals surface area (Å²) < 4.78 is 2.89. The van der Waals surface area contributed by atoms with Gasteiger partial charge < -0.3 is 15.4 Å². The maximum Gasteiger partial charge on any atom is 0.342 e. The number of carbonyl (C=O) groups excluding carboxylic acids is 1. The standard InChI is InChI=1S/C17H17N7O3/c1-22-15(18-10-17(22)24(26)27)12-23-11-14(20-21-23)9-19-16(25)8-7-13-5-3-2-4-6-13/h2-8,10-11H,9,12H2,1H3,(H,19,25). The Hall–Kier alpha value is -3.82. The summed E-state index contributed by atoms with van der Waals surface area (Å²) >= 11 is 0. The molecule has 2 heterocycles. The van der Waals surface area contributed by atoms with Crippen LogP contribution in [0.5, 0.6) is 0 Å². The SMILES string of the molecule is Cn1c([N+](=O)[O-])cnc1Cn1cc(CNC(=O)C=Cc2ccccc2)nn1. The van der Waals surface area contributed by atoms with E-state index in [1.54, 1.807) is 19.3 Å². The molecular formula is C17H17N7O3. The van der Waals surface area contributed by atoms with Gasteiger partial charge in [-0.15, -0.1) is 5.10 Å². The Labute approximate surface area is 154 Å². The van der Waals surface area contributed by atoms with Crippen LogP contribution in [0.4, 0.5) is 5.82 Å². The second kappa shape index (κ2) is 8.04. The van der Waals surface area contributed by atoms with Gasteiger partial charge in [0.1, 0.15) is 18.4 Å². The average Bonchev–Trinajstić information content (AvgIpc) is 3.26. The number of benzene rings is 1. The van der Waals surface area contributed by atoms with Crippen LogP contribution in [-0.2, 0) is 24.9 Å². The largest absolute Gasteiger partial charge is 0.358 e. The number of hydrogen-bond donors (Lipinski definition) is 1. The van der Waals surface area contributed by atoms with Gasteiger partial charge >= 0.3 is 5.82 Å². The van der Waals surface area contributed by atoms with E-state index in [1.165, 1.54) is 21.5 Å². The lowest BCUT2D eigenvalue weighted by atomic mass is 10.2. The molecule has 1 amide bonds. The Morgan fingerprint density at radius 3 is 2.81 bits per heavy atom. The summed E-state index contributed by atoms with van der Waals surface area (Å²) in [6.07, 6.45) is 6.03. The minimum atomic E-state index is -0.498. The van der Waals surface area contributed by atoms with Gasteiger partial charge in [0.25, 0.3) is 0 Å². The van der Waals surface area contributed by atoms with E-state index in [-0.39, 0.29) is 24.8 Å². The van der Waals surface area contributed by atoms with Crippen molar-refractivity contribution in [3.63, 3.8) is 0 Å². The molecule has 1 N–H and O–H groups in total. The van der Waals surface area contributed by atoms with E-state index >= 15 is 0 Å². The van der Waals surface area contributed by atoms with E-state index in [1.807, 2.05) is 30.3 Å². The summed E-state index contributed by atoms with van der Waals surface area (Å²) in [7, 11) is 1.57. The normalized spacial score (nSPS) is 11.0. The molecule has 27 heavy (non-hydrogen) atoms. The number of imidazole rings is 1. The van der Waals surface area contributed by atoms with Crippen molar-refractivity contribution in [1.29, 1.82) is 0 Å². The predicted octanol–water partition coefficient (Wildman–Crippen LogP) is 1.30. The van der Waals surface area contributed by atoms with Crippen LogP contribution in [0.15, 0.2) is 48.8 Å². The Morgan fingerprint density at radius 1 is 1.33 bits per heavy atom. The third-order valence-corrected chi connectivity index (χ3v) is 3.81. The van der Waals surface area contributed by atoms with Gasteiger partial charge in [-0.25, -0.2) is 14.2 Å². The highest BCUT2D eigenvalue weighted by atomic mass is 16.6. The molecule has 0 aliphatic carbocycles. The molecule has 0 aliphatic rings. The summed E-state index contributed by atoms with van der Waals surface area (Å²) in [5, 5.41) is 21.5. The Bertz CT molecular complexity index is 976. The van der Waals surface area contributed by atoms with Crippen LogP contribution in [0.1, 0.15) is 17.1 Å². The first-order chi connectivity index (χ1) is 13.0. The fraction of sp³-hybridized carbons (Fsp3) is 0.176. The molecule has 0 aliphatic heterocycles. The number of carbonyl (C=O) groups is 1. The van der Waals surface area contributed by atoms with Crippen LogP contribution in [0.25, 0.3) is 6.08 Å². The zero-order chi connectivity index (χ0) is 19.2. The Kier molecular flexibility index (Phi) is 5.36. The topological polar surface area (TPSA) is 121 Å². The Morgan fingerprint density at radius 2 is 2.11 bits per heavy atom. The van der Waals surface area contributed by atoms with Crippen LogP contribution in [0.3, 0.4) is 0 Å². The lowest BCUT2D eigenvalue weighted by Crippen LogP contribution is -2.20. The summed E-state index contributed by atoms with van der Waals surface area (Å²) in [6.45, 7) is 0.456. The van der Waals surface area contributed by atoms with Gasteiger partial charge in [-0.1, -0.05) is 35.5 Å². The predicted molar refractivity (Wildman–Crippen MR) is 96.3 cm³/mol. The Balaban J connectivity index is 1.54. The molecule has 3 aromatic rings.